The minimum atomic E-state index is -1.28. The van der Waals surface area contributed by atoms with Gasteiger partial charge in [-0.15, -0.1) is 0 Å². The molecule has 2 N–H and O–H groups in total. The Hall–Kier alpha value is -3.86. The molecular formula is C27H22FNO3. The van der Waals surface area contributed by atoms with E-state index in [1.54, 1.807) is 13.0 Å². The molecule has 0 saturated carbocycles. The van der Waals surface area contributed by atoms with Crippen LogP contribution in [0.4, 0.5) is 4.39 Å². The molecule has 4 aromatic rings. The number of hydrogen-bond donors (Lipinski definition) is 2. The summed E-state index contributed by atoms with van der Waals surface area (Å²) in [5.41, 5.74) is 2.69. The summed E-state index contributed by atoms with van der Waals surface area (Å²) >= 11 is 0. The number of fused-ring (bicyclic) bond motifs is 1. The lowest BCUT2D eigenvalue weighted by molar-refractivity contribution is -0.147. The molecule has 160 valence electrons. The molecule has 1 aromatic heterocycles. The molecule has 4 nitrogen and oxygen atoms in total. The largest absolute Gasteiger partial charge is 0.507 e. The second kappa shape index (κ2) is 7.38. The number of aliphatic hydroxyl groups excluding tert-OH is 1. The molecule has 5 rings (SSSR count). The summed E-state index contributed by atoms with van der Waals surface area (Å²) in [5, 5.41) is 12.1. The number of aromatic amines is 1. The maximum absolute atomic E-state index is 13.9. The van der Waals surface area contributed by atoms with Crippen LogP contribution < -0.4 is 0 Å². The molecule has 1 aliphatic heterocycles. The number of aryl methyl sites for hydroxylation is 1. The van der Waals surface area contributed by atoms with Gasteiger partial charge in [-0.05, 0) is 43.2 Å². The number of benzene rings is 3. The highest BCUT2D eigenvalue weighted by molar-refractivity contribution is 5.96. The average molecular weight is 427 g/mol. The monoisotopic (exact) mass is 427 g/mol. The number of aromatic nitrogens is 1. The first kappa shape index (κ1) is 20.1. The van der Waals surface area contributed by atoms with Crippen molar-refractivity contribution >= 4 is 16.9 Å². The zero-order chi connectivity index (χ0) is 22.5. The zero-order valence-electron chi connectivity index (χ0n) is 17.7. The first-order valence-corrected chi connectivity index (χ1v) is 10.5. The molecule has 0 radical (unpaired) electrons. The van der Waals surface area contributed by atoms with Crippen molar-refractivity contribution in [2.24, 2.45) is 0 Å². The molecule has 5 heteroatoms. The van der Waals surface area contributed by atoms with Gasteiger partial charge in [0.05, 0.1) is 11.5 Å². The van der Waals surface area contributed by atoms with Gasteiger partial charge in [-0.2, -0.15) is 0 Å². The van der Waals surface area contributed by atoms with Crippen molar-refractivity contribution in [1.29, 1.82) is 0 Å². The molecule has 0 saturated heterocycles. The van der Waals surface area contributed by atoms with Gasteiger partial charge in [0, 0.05) is 22.2 Å². The Bertz CT molecular complexity index is 1360. The third kappa shape index (κ3) is 3.01. The van der Waals surface area contributed by atoms with Gasteiger partial charge in [0.2, 0.25) is 0 Å². The van der Waals surface area contributed by atoms with Crippen molar-refractivity contribution in [2.75, 3.05) is 0 Å². The van der Waals surface area contributed by atoms with Crippen LogP contribution in [0.3, 0.4) is 0 Å². The standard InChI is InChI=1S/C27H22FNO3/c1-16-20-15-19(28)13-14-21(20)29-24(16)22(17-9-5-3-6-10-17)23-25(30)27(2,32-26(23)31)18-11-7-4-8-12-18/h3-15,22,29-30H,1-2H3. The van der Waals surface area contributed by atoms with Gasteiger partial charge in [0.25, 0.3) is 0 Å². The van der Waals surface area contributed by atoms with Gasteiger partial charge >= 0.3 is 5.97 Å². The number of rotatable bonds is 4. The Labute approximate surface area is 185 Å². The highest BCUT2D eigenvalue weighted by Crippen LogP contribution is 2.47. The number of esters is 1. The minimum absolute atomic E-state index is 0.119. The molecule has 0 spiro atoms. The van der Waals surface area contributed by atoms with Crippen LogP contribution in [-0.4, -0.2) is 16.1 Å². The van der Waals surface area contributed by atoms with Gasteiger partial charge in [-0.1, -0.05) is 60.7 Å². The number of carbonyl (C=O) groups excluding carboxylic acids is 1. The highest BCUT2D eigenvalue weighted by Gasteiger charge is 2.49. The molecule has 3 aromatic carbocycles. The summed E-state index contributed by atoms with van der Waals surface area (Å²) in [6.45, 7) is 3.58. The first-order chi connectivity index (χ1) is 15.4. The quantitative estimate of drug-likeness (QED) is 0.391. The summed E-state index contributed by atoms with van der Waals surface area (Å²) in [6.07, 6.45) is 0. The van der Waals surface area contributed by atoms with Crippen LogP contribution in [0.25, 0.3) is 10.9 Å². The number of hydrogen-bond acceptors (Lipinski definition) is 3. The van der Waals surface area contributed by atoms with Crippen molar-refractivity contribution in [3.8, 4) is 0 Å². The SMILES string of the molecule is Cc1c(C(C2=C(O)C(C)(c3ccccc3)OC2=O)c2ccccc2)[nH]c2ccc(F)cc12. The number of carbonyl (C=O) groups is 1. The van der Waals surface area contributed by atoms with Gasteiger partial charge in [-0.3, -0.25) is 0 Å². The van der Waals surface area contributed by atoms with Crippen molar-refractivity contribution in [3.05, 3.63) is 118 Å². The Kier molecular flexibility index (Phi) is 4.63. The molecule has 2 unspecified atom stereocenters. The minimum Gasteiger partial charge on any atom is -0.507 e. The topological polar surface area (TPSA) is 62.3 Å². The van der Waals surface area contributed by atoms with Crippen LogP contribution in [0.2, 0.25) is 0 Å². The van der Waals surface area contributed by atoms with E-state index in [2.05, 4.69) is 4.98 Å². The number of cyclic esters (lactones) is 1. The fourth-order valence-corrected chi connectivity index (χ4v) is 4.58. The van der Waals surface area contributed by atoms with Gasteiger partial charge in [-0.25, -0.2) is 9.18 Å². The smallest absolute Gasteiger partial charge is 0.339 e. The molecule has 0 fully saturated rings. The Morgan fingerprint density at radius 2 is 1.66 bits per heavy atom. The van der Waals surface area contributed by atoms with E-state index in [1.165, 1.54) is 12.1 Å². The van der Waals surface area contributed by atoms with Crippen LogP contribution in [0.1, 0.15) is 35.2 Å². The number of nitrogens with one attached hydrogen (secondary N) is 1. The number of ether oxygens (including phenoxy) is 1. The summed E-state index contributed by atoms with van der Waals surface area (Å²) in [6, 6.07) is 23.2. The van der Waals surface area contributed by atoms with E-state index in [4.69, 9.17) is 4.74 Å². The normalized spacial score (nSPS) is 19.4. The van der Waals surface area contributed by atoms with Crippen LogP contribution in [0.15, 0.2) is 90.2 Å². The van der Waals surface area contributed by atoms with Crippen LogP contribution in [-0.2, 0) is 15.1 Å². The van der Waals surface area contributed by atoms with Gasteiger partial charge in [0.15, 0.2) is 11.4 Å². The molecule has 2 heterocycles. The van der Waals surface area contributed by atoms with E-state index in [0.29, 0.717) is 11.3 Å². The van der Waals surface area contributed by atoms with Crippen LogP contribution in [0.5, 0.6) is 0 Å². The van der Waals surface area contributed by atoms with Crippen LogP contribution in [0, 0.1) is 12.7 Å². The van der Waals surface area contributed by atoms with E-state index < -0.39 is 17.5 Å². The van der Waals surface area contributed by atoms with E-state index in [0.717, 1.165) is 22.0 Å². The number of H-pyrrole nitrogens is 1. The average Bonchev–Trinajstić information content (AvgIpc) is 3.24. The predicted octanol–water partition coefficient (Wildman–Crippen LogP) is 6.03. The maximum Gasteiger partial charge on any atom is 0.339 e. The van der Waals surface area contributed by atoms with Crippen molar-refractivity contribution < 1.29 is 19.0 Å². The fraction of sp³-hybridized carbons (Fsp3) is 0.148. The zero-order valence-corrected chi connectivity index (χ0v) is 17.7. The molecule has 0 aliphatic carbocycles. The van der Waals surface area contributed by atoms with Crippen LogP contribution >= 0.6 is 0 Å². The second-order valence-electron chi connectivity index (χ2n) is 8.25. The third-order valence-corrected chi connectivity index (χ3v) is 6.32. The summed E-state index contributed by atoms with van der Waals surface area (Å²) in [4.78, 5) is 16.6. The summed E-state index contributed by atoms with van der Waals surface area (Å²) in [7, 11) is 0. The molecule has 0 amide bonds. The molecule has 2 atom stereocenters. The highest BCUT2D eigenvalue weighted by atomic mass is 19.1. The fourth-order valence-electron chi connectivity index (χ4n) is 4.58. The number of halogens is 1. The van der Waals surface area contributed by atoms with Crippen molar-refractivity contribution in [2.45, 2.75) is 25.4 Å². The molecular weight excluding hydrogens is 405 g/mol. The predicted molar refractivity (Wildman–Crippen MR) is 121 cm³/mol. The number of aliphatic hydroxyl groups is 1. The van der Waals surface area contributed by atoms with E-state index in [-0.39, 0.29) is 17.1 Å². The summed E-state index contributed by atoms with van der Waals surface area (Å²) in [5.74, 6) is -1.63. The lowest BCUT2D eigenvalue weighted by Gasteiger charge is -2.23. The van der Waals surface area contributed by atoms with E-state index in [9.17, 15) is 14.3 Å². The Morgan fingerprint density at radius 1 is 1.00 bits per heavy atom. The Morgan fingerprint density at radius 3 is 2.34 bits per heavy atom. The summed E-state index contributed by atoms with van der Waals surface area (Å²) < 4.78 is 19.7. The molecule has 0 bridgehead atoms. The lowest BCUT2D eigenvalue weighted by atomic mass is 9.83. The lowest BCUT2D eigenvalue weighted by Crippen LogP contribution is -2.25. The van der Waals surface area contributed by atoms with Crippen molar-refractivity contribution in [1.82, 2.24) is 4.98 Å². The second-order valence-corrected chi connectivity index (χ2v) is 8.25. The Balaban J connectivity index is 1.76. The first-order valence-electron chi connectivity index (χ1n) is 10.5. The maximum atomic E-state index is 13.9. The molecule has 32 heavy (non-hydrogen) atoms. The molecule has 1 aliphatic rings. The third-order valence-electron chi connectivity index (χ3n) is 6.32. The van der Waals surface area contributed by atoms with Gasteiger partial charge < -0.3 is 14.8 Å². The van der Waals surface area contributed by atoms with Gasteiger partial charge in [0.1, 0.15) is 5.82 Å². The van der Waals surface area contributed by atoms with E-state index in [1.807, 2.05) is 67.6 Å². The van der Waals surface area contributed by atoms with E-state index >= 15 is 0 Å². The van der Waals surface area contributed by atoms with Crippen molar-refractivity contribution in [3.63, 3.8) is 0 Å².